The van der Waals surface area contributed by atoms with Crippen LogP contribution in [0.25, 0.3) is 11.1 Å². The molecule has 2 aromatic carbocycles. The van der Waals surface area contributed by atoms with Crippen LogP contribution in [0.5, 0.6) is 0 Å². The molecule has 59 heavy (non-hydrogen) atoms. The number of ketones is 1. The van der Waals surface area contributed by atoms with Gasteiger partial charge in [-0.15, -0.1) is 0 Å². The minimum Gasteiger partial charge on any atom is -0.481 e. The van der Waals surface area contributed by atoms with Gasteiger partial charge in [0.25, 0.3) is 11.8 Å². The number of carboxylic acids is 2. The molecule has 1 unspecified atom stereocenters. The second-order valence-electron chi connectivity index (χ2n) is 15.3. The molecule has 18 heteroatoms. The molecule has 318 valence electrons. The Balaban J connectivity index is 0.00000101. The third-order valence-corrected chi connectivity index (χ3v) is 10.6. The van der Waals surface area contributed by atoms with Crippen LogP contribution in [0, 0.1) is 28.9 Å². The number of carboxylic acid groups (broad SMARTS) is 2. The molecule has 0 spiro atoms. The van der Waals surface area contributed by atoms with E-state index in [4.69, 9.17) is 9.90 Å². The first-order chi connectivity index (χ1) is 27.6. The molecular weight excluding hydrogens is 804 g/mol. The summed E-state index contributed by atoms with van der Waals surface area (Å²) in [5, 5.41) is 20.4. The predicted molar refractivity (Wildman–Crippen MR) is 208 cm³/mol. The molecule has 12 nitrogen and oxygen atoms in total. The lowest BCUT2D eigenvalue weighted by molar-refractivity contribution is -0.192. The number of imide groups is 1. The summed E-state index contributed by atoms with van der Waals surface area (Å²) in [5.74, 6) is -8.25. The average Bonchev–Trinajstić information content (AvgIpc) is 3.90. The monoisotopic (exact) mass is 848 g/mol. The molecule has 0 bridgehead atoms. The summed E-state index contributed by atoms with van der Waals surface area (Å²) < 4.78 is 63.3. The van der Waals surface area contributed by atoms with Crippen molar-refractivity contribution in [3.63, 3.8) is 0 Å². The average molecular weight is 849 g/mol. The van der Waals surface area contributed by atoms with Crippen molar-refractivity contribution in [3.8, 4) is 11.1 Å². The fourth-order valence-electron chi connectivity index (χ4n) is 6.80. The molecule has 0 radical (unpaired) electrons. The normalized spacial score (nSPS) is 16.4. The van der Waals surface area contributed by atoms with Gasteiger partial charge in [0.1, 0.15) is 11.6 Å². The third-order valence-electron chi connectivity index (χ3n) is 9.56. The molecule has 0 saturated carbocycles. The van der Waals surface area contributed by atoms with Gasteiger partial charge >= 0.3 is 18.1 Å². The largest absolute Gasteiger partial charge is 0.490 e. The van der Waals surface area contributed by atoms with Crippen LogP contribution in [0.4, 0.5) is 22.0 Å². The Kier molecular flexibility index (Phi) is 15.8. The molecule has 3 heterocycles. The third kappa shape index (κ3) is 13.1. The Morgan fingerprint density at radius 3 is 2.17 bits per heavy atom. The van der Waals surface area contributed by atoms with Crippen molar-refractivity contribution in [3.05, 3.63) is 95.8 Å². The van der Waals surface area contributed by atoms with E-state index in [1.807, 2.05) is 66.6 Å². The molecule has 3 atom stereocenters. The minimum atomic E-state index is -5.08. The SMILES string of the molecule is CC(C)(C)[C@H](c1cc(-c2cc(F)ccc2F)cn1Cc1ccccc1)N(CC1CCNC1)C(=O)CSC[C@H](CC(=O)CN1C(=O)C=CC1=O)C(=O)O.O=C(O)C(F)(F)F. The van der Waals surface area contributed by atoms with E-state index in [1.54, 1.807) is 6.20 Å². The summed E-state index contributed by atoms with van der Waals surface area (Å²) in [6.45, 7) is 7.93. The number of carbonyl (C=O) groups excluding carboxylic acids is 4. The summed E-state index contributed by atoms with van der Waals surface area (Å²) in [6, 6.07) is 14.4. The summed E-state index contributed by atoms with van der Waals surface area (Å²) in [6.07, 6.45) is -0.713. The van der Waals surface area contributed by atoms with Crippen LogP contribution in [0.2, 0.25) is 0 Å². The maximum absolute atomic E-state index is 15.1. The zero-order valence-electron chi connectivity index (χ0n) is 32.5. The molecule has 0 aliphatic carbocycles. The van der Waals surface area contributed by atoms with E-state index in [-0.39, 0.29) is 28.9 Å². The molecule has 3 amide bonds. The molecule has 2 aliphatic heterocycles. The van der Waals surface area contributed by atoms with Crippen molar-refractivity contribution >= 4 is 47.2 Å². The van der Waals surface area contributed by atoms with E-state index in [1.165, 1.54) is 6.07 Å². The van der Waals surface area contributed by atoms with E-state index in [9.17, 15) is 46.6 Å². The Morgan fingerprint density at radius 2 is 1.61 bits per heavy atom. The highest BCUT2D eigenvalue weighted by Crippen LogP contribution is 2.42. The van der Waals surface area contributed by atoms with Gasteiger partial charge in [-0.2, -0.15) is 24.9 Å². The van der Waals surface area contributed by atoms with Gasteiger partial charge in [-0.25, -0.2) is 13.6 Å². The Hall–Kier alpha value is -5.36. The zero-order chi connectivity index (χ0) is 43.7. The van der Waals surface area contributed by atoms with Crippen LogP contribution in [0.1, 0.15) is 50.9 Å². The first kappa shape index (κ1) is 46.3. The number of thioether (sulfide) groups is 1. The molecule has 3 aromatic rings. The lowest BCUT2D eigenvalue weighted by Crippen LogP contribution is -2.45. The van der Waals surface area contributed by atoms with Crippen molar-refractivity contribution in [1.82, 2.24) is 19.7 Å². The maximum Gasteiger partial charge on any atom is 0.490 e. The van der Waals surface area contributed by atoms with Crippen molar-refractivity contribution in [2.75, 3.05) is 37.7 Å². The number of hydrogen-bond acceptors (Lipinski definition) is 8. The number of aromatic nitrogens is 1. The van der Waals surface area contributed by atoms with Gasteiger partial charge in [0.15, 0.2) is 5.78 Å². The van der Waals surface area contributed by atoms with Gasteiger partial charge in [-0.3, -0.25) is 28.9 Å². The van der Waals surface area contributed by atoms with Crippen LogP contribution in [-0.4, -0.2) is 104 Å². The van der Waals surface area contributed by atoms with Gasteiger partial charge in [0.2, 0.25) is 5.91 Å². The summed E-state index contributed by atoms with van der Waals surface area (Å²) >= 11 is 1.11. The quantitative estimate of drug-likeness (QED) is 0.116. The van der Waals surface area contributed by atoms with Crippen molar-refractivity contribution in [2.45, 2.75) is 52.4 Å². The van der Waals surface area contributed by atoms with Gasteiger partial charge < -0.3 is 25.0 Å². The molecule has 1 fully saturated rings. The fourth-order valence-corrected chi connectivity index (χ4v) is 7.81. The Labute approximate surface area is 341 Å². The number of carbonyl (C=O) groups is 6. The highest BCUT2D eigenvalue weighted by atomic mass is 32.2. The van der Waals surface area contributed by atoms with Gasteiger partial charge in [-0.05, 0) is 60.7 Å². The van der Waals surface area contributed by atoms with E-state index in [0.29, 0.717) is 18.7 Å². The molecule has 1 aromatic heterocycles. The number of nitrogens with zero attached hydrogens (tertiary/aromatic N) is 3. The fraction of sp³-hybridized carbons (Fsp3) is 0.415. The summed E-state index contributed by atoms with van der Waals surface area (Å²) in [7, 11) is 0. The lowest BCUT2D eigenvalue weighted by atomic mass is 9.82. The van der Waals surface area contributed by atoms with Crippen molar-refractivity contribution in [1.29, 1.82) is 0 Å². The predicted octanol–water partition coefficient (Wildman–Crippen LogP) is 5.96. The number of nitrogens with one attached hydrogen (secondary N) is 1. The Bertz CT molecular complexity index is 2030. The van der Waals surface area contributed by atoms with Gasteiger partial charge in [0, 0.05) is 60.4 Å². The summed E-state index contributed by atoms with van der Waals surface area (Å²) in [5.41, 5.74) is 1.78. The van der Waals surface area contributed by atoms with E-state index in [0.717, 1.165) is 71.7 Å². The Morgan fingerprint density at radius 1 is 0.966 bits per heavy atom. The lowest BCUT2D eigenvalue weighted by Gasteiger charge is -2.42. The second kappa shape index (κ2) is 20.1. The molecule has 2 aliphatic rings. The number of hydrogen-bond donors (Lipinski definition) is 3. The molecule has 3 N–H and O–H groups in total. The van der Waals surface area contributed by atoms with Gasteiger partial charge in [-0.1, -0.05) is 51.1 Å². The molecular formula is C41H45F5N4O8S. The molecule has 1 saturated heterocycles. The van der Waals surface area contributed by atoms with Crippen LogP contribution < -0.4 is 5.32 Å². The van der Waals surface area contributed by atoms with Crippen molar-refractivity contribution in [2.24, 2.45) is 17.3 Å². The van der Waals surface area contributed by atoms with Crippen LogP contribution in [0.15, 0.2) is 72.9 Å². The van der Waals surface area contributed by atoms with E-state index in [2.05, 4.69) is 5.32 Å². The summed E-state index contributed by atoms with van der Waals surface area (Å²) in [4.78, 5) is 74.5. The maximum atomic E-state index is 15.1. The first-order valence-electron chi connectivity index (χ1n) is 18.5. The topological polar surface area (TPSA) is 166 Å². The standard InChI is InChI=1S/C39H44F2N4O6S.C2HF3O2/c1-39(2,3)37(33-16-27(31-17-29(40)9-10-32(31)41)21-43(33)19-25-7-5-4-6-8-25)45(20-26-13-14-42-18-26)36(49)24-52-23-28(38(50)51)15-30(46)22-44-34(47)11-12-35(44)48;3-2(4,5)1(6)7/h4-12,16-17,21,26,28,37,42H,13-15,18-20,22-24H2,1-3H3,(H,50,51);(H,6,7)/t26?,28-,37-;/m0./s1. The van der Waals surface area contributed by atoms with E-state index < -0.39 is 77.7 Å². The number of benzene rings is 2. The number of rotatable bonds is 16. The van der Waals surface area contributed by atoms with Crippen LogP contribution >= 0.6 is 11.8 Å². The zero-order valence-corrected chi connectivity index (χ0v) is 33.3. The highest BCUT2D eigenvalue weighted by molar-refractivity contribution is 7.99. The van der Waals surface area contributed by atoms with Crippen molar-refractivity contribution < 1.29 is 60.9 Å². The minimum absolute atomic E-state index is 0.0423. The smallest absolute Gasteiger partial charge is 0.481 e. The first-order valence-corrected chi connectivity index (χ1v) is 19.7. The van der Waals surface area contributed by atoms with Gasteiger partial charge in [0.05, 0.1) is 24.3 Å². The van der Waals surface area contributed by atoms with E-state index >= 15 is 4.39 Å². The number of aliphatic carboxylic acids is 2. The number of halogens is 5. The second-order valence-corrected chi connectivity index (χ2v) is 16.3. The number of amides is 3. The van der Waals surface area contributed by atoms with Crippen LogP contribution in [-0.2, 0) is 35.3 Å². The molecule has 5 rings (SSSR count). The number of alkyl halides is 3. The highest BCUT2D eigenvalue weighted by Gasteiger charge is 2.40. The van der Waals surface area contributed by atoms with Crippen LogP contribution in [0.3, 0.4) is 0 Å². The number of Topliss-reactive ketones (excluding diaryl/α,β-unsaturated/α-hetero) is 1.